The molecule has 8 aromatic rings. The Balaban J connectivity index is 0.000000124. The van der Waals surface area contributed by atoms with E-state index in [0.717, 1.165) is 17.1 Å². The topological polar surface area (TPSA) is 38.0 Å². The molecule has 0 radical (unpaired) electrons. The molecule has 2 heterocycles. The van der Waals surface area contributed by atoms with Gasteiger partial charge in [0.25, 0.3) is 0 Å². The van der Waals surface area contributed by atoms with E-state index < -0.39 is 0 Å². The van der Waals surface area contributed by atoms with Gasteiger partial charge in [-0.05, 0) is 95.4 Å². The molecule has 6 aromatic carbocycles. The first-order valence-electron chi connectivity index (χ1n) is 13.2. The lowest BCUT2D eigenvalue weighted by atomic mass is 10.1. The first kappa shape index (κ1) is 27.3. The fourth-order valence-electron chi connectivity index (χ4n) is 4.64. The number of fused-ring (bicyclic) bond motifs is 6. The molecule has 0 saturated carbocycles. The average Bonchev–Trinajstić information content (AvgIpc) is 3.57. The molecule has 0 bridgehead atoms. The molecule has 2 aromatic heterocycles. The first-order valence-corrected chi connectivity index (χ1v) is 16.0. The number of nitrogens with two attached hydrogens (primary N) is 1. The van der Waals surface area contributed by atoms with Crippen LogP contribution in [0.5, 0.6) is 0 Å². The van der Waals surface area contributed by atoms with Gasteiger partial charge in [-0.2, -0.15) is 0 Å². The molecule has 0 atom stereocenters. The van der Waals surface area contributed by atoms with E-state index in [1.165, 1.54) is 43.9 Å². The summed E-state index contributed by atoms with van der Waals surface area (Å²) in [6, 6.07) is 50.1. The van der Waals surface area contributed by atoms with Crippen molar-refractivity contribution in [3.8, 4) is 0 Å². The summed E-state index contributed by atoms with van der Waals surface area (Å²) in [5, 5.41) is 8.89. The summed E-state index contributed by atoms with van der Waals surface area (Å²) in [5.74, 6) is 0. The lowest BCUT2D eigenvalue weighted by molar-refractivity contribution is 1.57. The summed E-state index contributed by atoms with van der Waals surface area (Å²) in [6.07, 6.45) is 0. The summed E-state index contributed by atoms with van der Waals surface area (Å²) in [4.78, 5) is 0. The van der Waals surface area contributed by atoms with Gasteiger partial charge in [-0.3, -0.25) is 0 Å². The van der Waals surface area contributed by atoms with Crippen LogP contribution in [-0.2, 0) is 0 Å². The lowest BCUT2D eigenvalue weighted by Crippen LogP contribution is -1.88. The number of hydrogen-bond donors (Lipinski definition) is 2. The summed E-state index contributed by atoms with van der Waals surface area (Å²) >= 11 is 6.08. The minimum atomic E-state index is 0.822. The number of nitrogens with one attached hydrogen (secondary N) is 1. The van der Waals surface area contributed by atoms with E-state index in [1.807, 2.05) is 71.2 Å². The molecule has 41 heavy (non-hydrogen) atoms. The quantitative estimate of drug-likeness (QED) is 0.141. The molecule has 5 heteroatoms. The van der Waals surface area contributed by atoms with E-state index in [0.29, 0.717) is 0 Å². The van der Waals surface area contributed by atoms with Gasteiger partial charge in [-0.1, -0.05) is 72.8 Å². The summed E-state index contributed by atoms with van der Waals surface area (Å²) in [7, 11) is 0. The second kappa shape index (κ2) is 12.7. The van der Waals surface area contributed by atoms with Gasteiger partial charge in [-0.15, -0.1) is 22.7 Å². The zero-order valence-electron chi connectivity index (χ0n) is 22.1. The van der Waals surface area contributed by atoms with E-state index in [-0.39, 0.29) is 0 Å². The van der Waals surface area contributed by atoms with E-state index >= 15 is 0 Å². The molecule has 2 nitrogen and oxygen atoms in total. The van der Waals surface area contributed by atoms with Gasteiger partial charge in [0.05, 0.1) is 0 Å². The molecule has 0 aliphatic carbocycles. The van der Waals surface area contributed by atoms with Crippen LogP contribution in [0.15, 0.2) is 146 Å². The molecule has 0 spiro atoms. The van der Waals surface area contributed by atoms with Crippen molar-refractivity contribution in [2.24, 2.45) is 0 Å². The first-order chi connectivity index (χ1) is 20.1. The Morgan fingerprint density at radius 3 is 1.51 bits per heavy atom. The Kier molecular flexibility index (Phi) is 8.46. The number of anilines is 3. The summed E-state index contributed by atoms with van der Waals surface area (Å²) in [6.45, 7) is 0. The number of halogens is 1. The molecule has 0 saturated heterocycles. The van der Waals surface area contributed by atoms with Gasteiger partial charge in [0.15, 0.2) is 0 Å². The maximum atomic E-state index is 5.36. The fourth-order valence-corrected chi connectivity index (χ4v) is 7.31. The van der Waals surface area contributed by atoms with Crippen LogP contribution < -0.4 is 11.1 Å². The van der Waals surface area contributed by atoms with E-state index in [2.05, 4.69) is 125 Å². The highest BCUT2D eigenvalue weighted by molar-refractivity contribution is 14.1. The number of thiophene rings is 2. The van der Waals surface area contributed by atoms with Gasteiger partial charge >= 0.3 is 0 Å². The third-order valence-electron chi connectivity index (χ3n) is 6.58. The minimum absolute atomic E-state index is 0.822. The largest absolute Gasteiger partial charge is 0.399 e. The summed E-state index contributed by atoms with van der Waals surface area (Å²) < 4.78 is 6.75. The molecule has 0 aliphatic rings. The monoisotopic (exact) mass is 678 g/mol. The van der Waals surface area contributed by atoms with Gasteiger partial charge in [-0.25, -0.2) is 0 Å². The zero-order valence-corrected chi connectivity index (χ0v) is 25.9. The number of para-hydroxylation sites is 2. The Hall–Kier alpha value is -3.91. The van der Waals surface area contributed by atoms with Crippen molar-refractivity contribution in [1.82, 2.24) is 0 Å². The van der Waals surface area contributed by atoms with E-state index in [1.54, 1.807) is 0 Å². The maximum Gasteiger partial charge on any atom is 0.0391 e. The van der Waals surface area contributed by atoms with Crippen molar-refractivity contribution in [2.45, 2.75) is 0 Å². The van der Waals surface area contributed by atoms with Crippen molar-refractivity contribution in [1.29, 1.82) is 0 Å². The van der Waals surface area contributed by atoms with E-state index in [9.17, 15) is 0 Å². The zero-order chi connectivity index (χ0) is 28.0. The molecule has 200 valence electrons. The summed E-state index contributed by atoms with van der Waals surface area (Å²) in [5.41, 5.74) is 8.43. The van der Waals surface area contributed by atoms with Gasteiger partial charge in [0.1, 0.15) is 0 Å². The third-order valence-corrected chi connectivity index (χ3v) is 9.55. The van der Waals surface area contributed by atoms with E-state index in [4.69, 9.17) is 5.73 Å². The highest BCUT2D eigenvalue weighted by Crippen LogP contribution is 2.36. The Morgan fingerprint density at radius 1 is 0.439 bits per heavy atom. The molecular formula is C36H27IN2S2. The predicted molar refractivity (Wildman–Crippen MR) is 192 cm³/mol. The molecule has 3 N–H and O–H groups in total. The minimum Gasteiger partial charge on any atom is -0.399 e. The van der Waals surface area contributed by atoms with Crippen molar-refractivity contribution in [2.75, 3.05) is 11.1 Å². The van der Waals surface area contributed by atoms with Crippen molar-refractivity contribution < 1.29 is 0 Å². The number of hydrogen-bond acceptors (Lipinski definition) is 4. The number of benzene rings is 6. The molecular weight excluding hydrogens is 651 g/mol. The van der Waals surface area contributed by atoms with Crippen LogP contribution in [0.4, 0.5) is 17.1 Å². The van der Waals surface area contributed by atoms with Gasteiger partial charge in [0, 0.05) is 61.0 Å². The second-order valence-electron chi connectivity index (χ2n) is 9.45. The molecule has 0 fully saturated rings. The number of nitrogen functional groups attached to an aromatic ring is 1. The smallest absolute Gasteiger partial charge is 0.0391 e. The molecule has 8 rings (SSSR count). The number of rotatable bonds is 2. The van der Waals surface area contributed by atoms with Crippen LogP contribution in [0.1, 0.15) is 0 Å². The van der Waals surface area contributed by atoms with Crippen LogP contribution >= 0.6 is 45.3 Å². The Morgan fingerprint density at radius 2 is 0.927 bits per heavy atom. The standard InChI is InChI=1S/C18H13NS.C12H7IS.C6H7N/c1-2-6-13(7-3-1)19-14-10-11-18-16(12-14)15-8-4-5-9-17(15)20-18;13-8-5-6-12-10(7-8)9-3-1-2-4-11(9)14-12;7-6-4-2-1-3-5-6/h1-12,19H;1-7H;1-5H,7H2. The average molecular weight is 679 g/mol. The van der Waals surface area contributed by atoms with Crippen LogP contribution in [-0.4, -0.2) is 0 Å². The predicted octanol–water partition coefficient (Wildman–Crippen LogP) is 11.7. The highest BCUT2D eigenvalue weighted by atomic mass is 127. The molecule has 0 amide bonds. The highest BCUT2D eigenvalue weighted by Gasteiger charge is 2.05. The SMILES string of the molecule is Ic1ccc2sc3ccccc3c2c1.Nc1ccccc1.c1ccc(Nc2ccc3sc4ccccc4c3c2)cc1. The van der Waals surface area contributed by atoms with Crippen LogP contribution in [0.3, 0.4) is 0 Å². The van der Waals surface area contributed by atoms with Crippen molar-refractivity contribution in [3.63, 3.8) is 0 Å². The molecule has 0 aliphatic heterocycles. The van der Waals surface area contributed by atoms with Crippen LogP contribution in [0, 0.1) is 3.57 Å². The van der Waals surface area contributed by atoms with Crippen molar-refractivity contribution in [3.05, 3.63) is 149 Å². The lowest BCUT2D eigenvalue weighted by Gasteiger charge is -2.06. The Bertz CT molecular complexity index is 2050. The Labute approximate surface area is 261 Å². The normalized spacial score (nSPS) is 10.7. The van der Waals surface area contributed by atoms with Crippen LogP contribution in [0.25, 0.3) is 40.3 Å². The van der Waals surface area contributed by atoms with Crippen LogP contribution in [0.2, 0.25) is 0 Å². The molecule has 0 unspecified atom stereocenters. The fraction of sp³-hybridized carbons (Fsp3) is 0. The second-order valence-corrected chi connectivity index (χ2v) is 12.9. The van der Waals surface area contributed by atoms with Crippen molar-refractivity contribution >= 4 is 103 Å². The van der Waals surface area contributed by atoms with Gasteiger partial charge in [0.2, 0.25) is 0 Å². The van der Waals surface area contributed by atoms with Gasteiger partial charge < -0.3 is 11.1 Å². The maximum absolute atomic E-state index is 5.36. The third kappa shape index (κ3) is 6.54.